The average molecular weight is 288 g/mol. The van der Waals surface area contributed by atoms with Crippen LogP contribution < -0.4 is 5.32 Å². The molecular weight excluding hydrogens is 264 g/mol. The predicted molar refractivity (Wildman–Crippen MR) is 82.8 cm³/mol. The minimum atomic E-state index is -0.0537. The van der Waals surface area contributed by atoms with Gasteiger partial charge in [-0.25, -0.2) is 0 Å². The van der Waals surface area contributed by atoms with Crippen molar-refractivity contribution < 1.29 is 9.59 Å². The van der Waals surface area contributed by atoms with Crippen LogP contribution in [0.3, 0.4) is 0 Å². The van der Waals surface area contributed by atoms with Crippen molar-refractivity contribution in [3.05, 3.63) is 35.9 Å². The molecule has 21 heavy (non-hydrogen) atoms. The number of hydrogen-bond donors (Lipinski definition) is 1. The number of nitrogens with zero attached hydrogens (tertiary/aromatic N) is 1. The summed E-state index contributed by atoms with van der Waals surface area (Å²) in [6.07, 6.45) is 5.70. The number of amides is 2. The zero-order chi connectivity index (χ0) is 14.9. The molecule has 1 N–H and O–H groups in total. The van der Waals surface area contributed by atoms with Crippen molar-refractivity contribution in [1.82, 2.24) is 10.2 Å². The SMILES string of the molecule is O=C(CCc1ccccc1)NCC(=O)N1CCCCCC1. The Bertz CT molecular complexity index is 451. The number of likely N-dealkylation sites (tertiary alicyclic amines) is 1. The van der Waals surface area contributed by atoms with Crippen LogP contribution in [-0.4, -0.2) is 36.3 Å². The van der Waals surface area contributed by atoms with Crippen LogP contribution in [0, 0.1) is 0 Å². The van der Waals surface area contributed by atoms with Gasteiger partial charge < -0.3 is 10.2 Å². The van der Waals surface area contributed by atoms with E-state index in [1.165, 1.54) is 12.8 Å². The van der Waals surface area contributed by atoms with Gasteiger partial charge in [-0.15, -0.1) is 0 Å². The van der Waals surface area contributed by atoms with Gasteiger partial charge in [-0.1, -0.05) is 43.2 Å². The second-order valence-electron chi connectivity index (χ2n) is 5.56. The van der Waals surface area contributed by atoms with E-state index < -0.39 is 0 Å². The van der Waals surface area contributed by atoms with Gasteiger partial charge in [0.25, 0.3) is 0 Å². The first-order valence-electron chi connectivity index (χ1n) is 7.84. The standard InChI is InChI=1S/C17H24N2O2/c20-16(11-10-15-8-4-3-5-9-15)18-14-17(21)19-12-6-1-2-7-13-19/h3-5,8-9H,1-2,6-7,10-14H2,(H,18,20). The summed E-state index contributed by atoms with van der Waals surface area (Å²) in [7, 11) is 0. The smallest absolute Gasteiger partial charge is 0.241 e. The maximum absolute atomic E-state index is 12.0. The van der Waals surface area contributed by atoms with Crippen LogP contribution in [0.5, 0.6) is 0 Å². The molecule has 1 aliphatic rings. The van der Waals surface area contributed by atoms with E-state index in [4.69, 9.17) is 0 Å². The summed E-state index contributed by atoms with van der Waals surface area (Å²) in [5.41, 5.74) is 1.14. The molecule has 4 heteroatoms. The molecule has 1 aromatic carbocycles. The van der Waals surface area contributed by atoms with Crippen LogP contribution >= 0.6 is 0 Å². The third-order valence-corrected chi connectivity index (χ3v) is 3.88. The molecule has 4 nitrogen and oxygen atoms in total. The van der Waals surface area contributed by atoms with Gasteiger partial charge >= 0.3 is 0 Å². The van der Waals surface area contributed by atoms with Crippen LogP contribution in [0.15, 0.2) is 30.3 Å². The van der Waals surface area contributed by atoms with E-state index in [0.29, 0.717) is 12.8 Å². The molecule has 0 atom stereocenters. The fraction of sp³-hybridized carbons (Fsp3) is 0.529. The number of hydrogen-bond acceptors (Lipinski definition) is 2. The molecule has 0 radical (unpaired) electrons. The first-order chi connectivity index (χ1) is 10.3. The Labute approximate surface area is 126 Å². The fourth-order valence-corrected chi connectivity index (χ4v) is 2.60. The van der Waals surface area contributed by atoms with Crippen molar-refractivity contribution in [2.24, 2.45) is 0 Å². The van der Waals surface area contributed by atoms with E-state index in [2.05, 4.69) is 5.32 Å². The Morgan fingerprint density at radius 3 is 2.33 bits per heavy atom. The molecule has 1 heterocycles. The molecule has 1 aliphatic heterocycles. The Balaban J connectivity index is 1.67. The number of nitrogens with one attached hydrogen (secondary N) is 1. The van der Waals surface area contributed by atoms with E-state index in [1.54, 1.807) is 0 Å². The summed E-state index contributed by atoms with van der Waals surface area (Å²) in [5, 5.41) is 2.74. The third kappa shape index (κ3) is 5.58. The summed E-state index contributed by atoms with van der Waals surface area (Å²) in [5.74, 6) is -0.00742. The number of carbonyl (C=O) groups is 2. The van der Waals surface area contributed by atoms with Gasteiger partial charge in [0, 0.05) is 19.5 Å². The number of carbonyl (C=O) groups excluding carboxylic acids is 2. The molecule has 2 amide bonds. The highest BCUT2D eigenvalue weighted by Gasteiger charge is 2.15. The lowest BCUT2D eigenvalue weighted by atomic mass is 10.1. The maximum Gasteiger partial charge on any atom is 0.241 e. The Kier molecular flexibility index (Phi) is 6.25. The second kappa shape index (κ2) is 8.45. The van der Waals surface area contributed by atoms with Gasteiger partial charge in [0.2, 0.25) is 11.8 Å². The quantitative estimate of drug-likeness (QED) is 0.902. The van der Waals surface area contributed by atoms with E-state index in [1.807, 2.05) is 35.2 Å². The minimum absolute atomic E-state index is 0.0463. The first kappa shape index (κ1) is 15.5. The van der Waals surface area contributed by atoms with Crippen LogP contribution in [0.2, 0.25) is 0 Å². The van der Waals surface area contributed by atoms with Gasteiger partial charge in [-0.05, 0) is 24.8 Å². The molecule has 1 aromatic rings. The van der Waals surface area contributed by atoms with Crippen LogP contribution in [-0.2, 0) is 16.0 Å². The van der Waals surface area contributed by atoms with E-state index in [0.717, 1.165) is 31.5 Å². The second-order valence-corrected chi connectivity index (χ2v) is 5.56. The molecule has 1 fully saturated rings. The molecule has 0 aromatic heterocycles. The average Bonchev–Trinajstić information content (AvgIpc) is 2.81. The summed E-state index contributed by atoms with van der Waals surface area (Å²) >= 11 is 0. The highest BCUT2D eigenvalue weighted by molar-refractivity contribution is 5.84. The van der Waals surface area contributed by atoms with Crippen molar-refractivity contribution in [2.75, 3.05) is 19.6 Å². The molecular formula is C17H24N2O2. The van der Waals surface area contributed by atoms with E-state index in [9.17, 15) is 9.59 Å². The lowest BCUT2D eigenvalue weighted by Crippen LogP contribution is -2.40. The number of rotatable bonds is 5. The van der Waals surface area contributed by atoms with Gasteiger partial charge in [-0.3, -0.25) is 9.59 Å². The Morgan fingerprint density at radius 1 is 1.00 bits per heavy atom. The summed E-state index contributed by atoms with van der Waals surface area (Å²) in [4.78, 5) is 25.7. The van der Waals surface area contributed by atoms with E-state index in [-0.39, 0.29) is 18.4 Å². The van der Waals surface area contributed by atoms with Crippen molar-refractivity contribution >= 4 is 11.8 Å². The summed E-state index contributed by atoms with van der Waals surface area (Å²) in [6, 6.07) is 9.92. The maximum atomic E-state index is 12.0. The van der Waals surface area contributed by atoms with Crippen molar-refractivity contribution in [3.8, 4) is 0 Å². The molecule has 0 bridgehead atoms. The highest BCUT2D eigenvalue weighted by atomic mass is 16.2. The topological polar surface area (TPSA) is 49.4 Å². The van der Waals surface area contributed by atoms with Gasteiger partial charge in [0.1, 0.15) is 0 Å². The summed E-state index contributed by atoms with van der Waals surface area (Å²) in [6.45, 7) is 1.80. The minimum Gasteiger partial charge on any atom is -0.347 e. The van der Waals surface area contributed by atoms with E-state index >= 15 is 0 Å². The highest BCUT2D eigenvalue weighted by Crippen LogP contribution is 2.09. The third-order valence-electron chi connectivity index (χ3n) is 3.88. The van der Waals surface area contributed by atoms with Crippen LogP contribution in [0.25, 0.3) is 0 Å². The monoisotopic (exact) mass is 288 g/mol. The Morgan fingerprint density at radius 2 is 1.67 bits per heavy atom. The zero-order valence-electron chi connectivity index (χ0n) is 12.5. The predicted octanol–water partition coefficient (Wildman–Crippen LogP) is 2.14. The first-order valence-corrected chi connectivity index (χ1v) is 7.84. The molecule has 0 unspecified atom stereocenters. The van der Waals surface area contributed by atoms with Crippen molar-refractivity contribution in [2.45, 2.75) is 38.5 Å². The van der Waals surface area contributed by atoms with Gasteiger partial charge in [0.15, 0.2) is 0 Å². The molecule has 2 rings (SSSR count). The van der Waals surface area contributed by atoms with Crippen molar-refractivity contribution in [1.29, 1.82) is 0 Å². The van der Waals surface area contributed by atoms with Gasteiger partial charge in [-0.2, -0.15) is 0 Å². The molecule has 114 valence electrons. The summed E-state index contributed by atoms with van der Waals surface area (Å²) < 4.78 is 0. The molecule has 0 saturated carbocycles. The zero-order valence-corrected chi connectivity index (χ0v) is 12.5. The normalized spacial score (nSPS) is 15.3. The number of benzene rings is 1. The molecule has 0 spiro atoms. The number of aryl methyl sites for hydroxylation is 1. The Hall–Kier alpha value is -1.84. The lowest BCUT2D eigenvalue weighted by Gasteiger charge is -2.20. The van der Waals surface area contributed by atoms with Crippen LogP contribution in [0.1, 0.15) is 37.7 Å². The van der Waals surface area contributed by atoms with Crippen LogP contribution in [0.4, 0.5) is 0 Å². The van der Waals surface area contributed by atoms with Crippen molar-refractivity contribution in [3.63, 3.8) is 0 Å². The fourth-order valence-electron chi connectivity index (χ4n) is 2.60. The lowest BCUT2D eigenvalue weighted by molar-refractivity contribution is -0.132. The van der Waals surface area contributed by atoms with Gasteiger partial charge in [0.05, 0.1) is 6.54 Å². The molecule has 1 saturated heterocycles. The largest absolute Gasteiger partial charge is 0.347 e. The molecule has 0 aliphatic carbocycles.